The van der Waals surface area contributed by atoms with Gasteiger partial charge in [-0.3, -0.25) is 14.8 Å². The van der Waals surface area contributed by atoms with Gasteiger partial charge in [0.1, 0.15) is 5.60 Å². The van der Waals surface area contributed by atoms with Gasteiger partial charge in [-0.1, -0.05) is 65.7 Å². The predicted molar refractivity (Wildman–Crippen MR) is 166 cm³/mol. The molecule has 6 heteroatoms. The van der Waals surface area contributed by atoms with Crippen molar-refractivity contribution in [1.82, 2.24) is 19.7 Å². The second-order valence-electron chi connectivity index (χ2n) is 12.5. The van der Waals surface area contributed by atoms with Crippen LogP contribution in [0, 0.1) is 13.8 Å². The van der Waals surface area contributed by atoms with E-state index < -0.39 is 5.60 Å². The highest BCUT2D eigenvalue weighted by Gasteiger charge is 2.22. The zero-order chi connectivity index (χ0) is 29.2. The maximum Gasteiger partial charge on any atom is 0.410 e. The van der Waals surface area contributed by atoms with Crippen LogP contribution in [-0.4, -0.2) is 57.6 Å². The van der Waals surface area contributed by atoms with Crippen LogP contribution in [0.15, 0.2) is 66.7 Å². The molecule has 1 aliphatic heterocycles. The normalized spacial score (nSPS) is 16.6. The molecule has 1 aromatic heterocycles. The molecule has 3 aromatic rings. The number of benzene rings is 2. The zero-order valence-electron chi connectivity index (χ0n) is 25.7. The summed E-state index contributed by atoms with van der Waals surface area (Å²) in [5.74, 6) is 0. The van der Waals surface area contributed by atoms with Crippen LogP contribution in [0.25, 0.3) is 0 Å². The summed E-state index contributed by atoms with van der Waals surface area (Å²) in [4.78, 5) is 25.1. The first kappa shape index (κ1) is 30.7. The maximum absolute atomic E-state index is 13.1. The lowest BCUT2D eigenvalue weighted by Gasteiger charge is -2.29. The fraction of sp³-hybridized carbons (Fsp3) is 0.486. The molecule has 4 rings (SSSR count). The number of fused-ring (bicyclic) bond motifs is 2. The Kier molecular flexibility index (Phi) is 10.9. The van der Waals surface area contributed by atoms with E-state index in [9.17, 15) is 4.79 Å². The second-order valence-corrected chi connectivity index (χ2v) is 12.5. The summed E-state index contributed by atoms with van der Waals surface area (Å²) in [7, 11) is 0. The number of carbonyl (C=O) groups excluding carboxylic acids is 1. The van der Waals surface area contributed by atoms with Crippen molar-refractivity contribution in [1.29, 1.82) is 0 Å². The summed E-state index contributed by atoms with van der Waals surface area (Å²) in [6, 6.07) is 23.9. The molecule has 0 atom stereocenters. The van der Waals surface area contributed by atoms with Gasteiger partial charge in [-0.15, -0.1) is 0 Å². The van der Waals surface area contributed by atoms with E-state index in [1.165, 1.54) is 22.3 Å². The minimum Gasteiger partial charge on any atom is -0.444 e. The molecule has 0 aliphatic carbocycles. The summed E-state index contributed by atoms with van der Waals surface area (Å²) >= 11 is 0. The standard InChI is InChI=1S/C35H48N4O2/c1-28-12-8-14-30(22-28)24-37-18-6-7-20-39(34(40)41-35(3,4)5)21-11-19-38(25-31-15-9-13-29(2)23-31)27-33-17-10-16-32(26-37)36-33/h8-10,12-17,22-23H,6-7,11,18-21,24-27H2,1-5H3. The molecule has 0 spiro atoms. The summed E-state index contributed by atoms with van der Waals surface area (Å²) in [5, 5.41) is 0. The Morgan fingerprint density at radius 1 is 0.732 bits per heavy atom. The van der Waals surface area contributed by atoms with Gasteiger partial charge in [0.2, 0.25) is 0 Å². The lowest BCUT2D eigenvalue weighted by molar-refractivity contribution is 0.0237. The Morgan fingerprint density at radius 3 is 1.76 bits per heavy atom. The smallest absolute Gasteiger partial charge is 0.410 e. The lowest BCUT2D eigenvalue weighted by Crippen LogP contribution is -2.39. The van der Waals surface area contributed by atoms with Crippen LogP contribution in [0.4, 0.5) is 4.79 Å². The zero-order valence-corrected chi connectivity index (χ0v) is 25.7. The number of rotatable bonds is 4. The summed E-state index contributed by atoms with van der Waals surface area (Å²) in [5.41, 5.74) is 6.85. The number of ether oxygens (including phenoxy) is 1. The summed E-state index contributed by atoms with van der Waals surface area (Å²) in [6.07, 6.45) is 2.61. The van der Waals surface area contributed by atoms with E-state index in [1.807, 2.05) is 25.7 Å². The summed E-state index contributed by atoms with van der Waals surface area (Å²) < 4.78 is 5.80. The van der Waals surface area contributed by atoms with Crippen molar-refractivity contribution >= 4 is 6.09 Å². The molecule has 0 fully saturated rings. The molecule has 6 nitrogen and oxygen atoms in total. The van der Waals surface area contributed by atoms with Gasteiger partial charge in [-0.25, -0.2) is 4.79 Å². The Labute approximate surface area is 247 Å². The molecule has 1 amide bonds. The first-order chi connectivity index (χ1) is 19.6. The van der Waals surface area contributed by atoms with Crippen molar-refractivity contribution in [2.24, 2.45) is 0 Å². The van der Waals surface area contributed by atoms with Crippen molar-refractivity contribution < 1.29 is 9.53 Å². The van der Waals surface area contributed by atoms with Gasteiger partial charge >= 0.3 is 6.09 Å². The number of hydrogen-bond acceptors (Lipinski definition) is 5. The third-order valence-electron chi connectivity index (χ3n) is 7.32. The number of carbonyl (C=O) groups is 1. The van der Waals surface area contributed by atoms with Gasteiger partial charge in [-0.2, -0.15) is 0 Å². The molecule has 41 heavy (non-hydrogen) atoms. The lowest BCUT2D eigenvalue weighted by atomic mass is 10.1. The van der Waals surface area contributed by atoms with Crippen LogP contribution in [0.3, 0.4) is 0 Å². The third-order valence-corrected chi connectivity index (χ3v) is 7.32. The number of pyridine rings is 1. The van der Waals surface area contributed by atoms with Crippen molar-refractivity contribution in [2.75, 3.05) is 26.2 Å². The highest BCUT2D eigenvalue weighted by atomic mass is 16.6. The van der Waals surface area contributed by atoms with Gasteiger partial charge in [-0.05, 0) is 83.7 Å². The molecular formula is C35H48N4O2. The highest BCUT2D eigenvalue weighted by Crippen LogP contribution is 2.17. The maximum atomic E-state index is 13.1. The molecule has 2 aromatic carbocycles. The van der Waals surface area contributed by atoms with Gasteiger partial charge in [0, 0.05) is 45.8 Å². The molecule has 0 N–H and O–H groups in total. The van der Waals surface area contributed by atoms with E-state index in [-0.39, 0.29) is 6.09 Å². The molecule has 0 unspecified atom stereocenters. The molecule has 0 saturated carbocycles. The van der Waals surface area contributed by atoms with E-state index in [1.54, 1.807) is 0 Å². The van der Waals surface area contributed by atoms with Gasteiger partial charge < -0.3 is 9.64 Å². The van der Waals surface area contributed by atoms with Crippen molar-refractivity contribution in [3.8, 4) is 0 Å². The quantitative estimate of drug-likeness (QED) is 0.342. The third kappa shape index (κ3) is 10.6. The Morgan fingerprint density at radius 2 is 1.22 bits per heavy atom. The highest BCUT2D eigenvalue weighted by molar-refractivity contribution is 5.68. The minimum atomic E-state index is -0.508. The summed E-state index contributed by atoms with van der Waals surface area (Å²) in [6.45, 7) is 16.6. The molecule has 2 bridgehead atoms. The molecular weight excluding hydrogens is 508 g/mol. The van der Waals surface area contributed by atoms with Gasteiger partial charge in [0.15, 0.2) is 0 Å². The molecule has 0 saturated heterocycles. The van der Waals surface area contributed by atoms with E-state index >= 15 is 0 Å². The van der Waals surface area contributed by atoms with Crippen LogP contribution >= 0.6 is 0 Å². The second kappa shape index (κ2) is 14.6. The topological polar surface area (TPSA) is 48.9 Å². The molecule has 0 radical (unpaired) electrons. The molecule has 2 heterocycles. The largest absolute Gasteiger partial charge is 0.444 e. The first-order valence-electron chi connectivity index (χ1n) is 15.1. The van der Waals surface area contributed by atoms with Crippen molar-refractivity contribution in [2.45, 2.75) is 85.7 Å². The van der Waals surface area contributed by atoms with Crippen molar-refractivity contribution in [3.05, 3.63) is 100 Å². The minimum absolute atomic E-state index is 0.211. The van der Waals surface area contributed by atoms with Gasteiger partial charge in [0.25, 0.3) is 0 Å². The number of amides is 1. The Hall–Kier alpha value is -3.22. The number of hydrogen-bond donors (Lipinski definition) is 0. The average molecular weight is 557 g/mol. The van der Waals surface area contributed by atoms with E-state index in [2.05, 4.69) is 90.4 Å². The van der Waals surface area contributed by atoms with E-state index in [0.717, 1.165) is 69.9 Å². The van der Waals surface area contributed by atoms with Crippen molar-refractivity contribution in [3.63, 3.8) is 0 Å². The van der Waals surface area contributed by atoms with Crippen LogP contribution in [0.1, 0.15) is 73.7 Å². The number of aromatic nitrogens is 1. The molecule has 1 aliphatic rings. The Bertz CT molecular complexity index is 1270. The average Bonchev–Trinajstić information content (AvgIpc) is 2.89. The monoisotopic (exact) mass is 556 g/mol. The number of aryl methyl sites for hydroxylation is 2. The van der Waals surface area contributed by atoms with Crippen LogP contribution in [-0.2, 0) is 30.9 Å². The SMILES string of the molecule is Cc1cccc(CN2CCCCN(C(=O)OC(C)(C)C)CCCN(Cc3cccc(C)c3)Cc3cccc(n3)C2)c1. The number of nitrogens with zero attached hydrogens (tertiary/aromatic N) is 4. The first-order valence-corrected chi connectivity index (χ1v) is 15.1. The van der Waals surface area contributed by atoms with Crippen LogP contribution in [0.2, 0.25) is 0 Å². The van der Waals surface area contributed by atoms with Crippen LogP contribution in [0.5, 0.6) is 0 Å². The Balaban J connectivity index is 1.57. The predicted octanol–water partition coefficient (Wildman–Crippen LogP) is 7.12. The van der Waals surface area contributed by atoms with Crippen LogP contribution < -0.4 is 0 Å². The van der Waals surface area contributed by atoms with Gasteiger partial charge in [0.05, 0.1) is 11.4 Å². The fourth-order valence-electron chi connectivity index (χ4n) is 5.47. The fourth-order valence-corrected chi connectivity index (χ4v) is 5.47. The molecule has 220 valence electrons. The van der Waals surface area contributed by atoms with E-state index in [0.29, 0.717) is 13.1 Å². The van der Waals surface area contributed by atoms with E-state index in [4.69, 9.17) is 9.72 Å².